The van der Waals surface area contributed by atoms with E-state index >= 15 is 0 Å². The summed E-state index contributed by atoms with van der Waals surface area (Å²) < 4.78 is 51.1. The number of nitrogens with one attached hydrogen (secondary N) is 1. The summed E-state index contributed by atoms with van der Waals surface area (Å²) >= 11 is 12.5. The van der Waals surface area contributed by atoms with Crippen molar-refractivity contribution in [3.05, 3.63) is 70.2 Å². The number of amides is 2. The van der Waals surface area contributed by atoms with Crippen LogP contribution < -0.4 is 28.6 Å². The van der Waals surface area contributed by atoms with E-state index in [1.54, 1.807) is 25.1 Å². The third-order valence-electron chi connectivity index (χ3n) is 6.86. The molecule has 0 saturated heterocycles. The first kappa shape index (κ1) is 34.6. The lowest BCUT2D eigenvalue weighted by atomic mass is 10.1. The van der Waals surface area contributed by atoms with Crippen LogP contribution in [0.25, 0.3) is 0 Å². The van der Waals surface area contributed by atoms with Gasteiger partial charge in [-0.05, 0) is 48.4 Å². The van der Waals surface area contributed by atoms with Crippen molar-refractivity contribution in [3.63, 3.8) is 0 Å². The summed E-state index contributed by atoms with van der Waals surface area (Å²) in [7, 11) is 2.59. The van der Waals surface area contributed by atoms with Crippen molar-refractivity contribution in [2.24, 2.45) is 0 Å². The molecule has 0 aliphatic heterocycles. The zero-order valence-electron chi connectivity index (χ0n) is 25.2. The third kappa shape index (κ3) is 7.61. The Balaban J connectivity index is 2.21. The molecule has 0 bridgehead atoms. The van der Waals surface area contributed by atoms with E-state index < -0.39 is 34.4 Å². The summed E-state index contributed by atoms with van der Waals surface area (Å²) in [6.45, 7) is 0.937. The van der Waals surface area contributed by atoms with Crippen LogP contribution in [0.3, 0.4) is 0 Å². The Morgan fingerprint density at radius 1 is 0.864 bits per heavy atom. The molecule has 3 aromatic carbocycles. The summed E-state index contributed by atoms with van der Waals surface area (Å²) in [5.74, 6) is -0.146. The molecule has 0 saturated carbocycles. The van der Waals surface area contributed by atoms with Crippen molar-refractivity contribution in [3.8, 4) is 23.0 Å². The molecular weight excluding hydrogens is 633 g/mol. The van der Waals surface area contributed by atoms with Crippen LogP contribution in [0.15, 0.2) is 59.5 Å². The van der Waals surface area contributed by atoms with Crippen molar-refractivity contribution in [2.45, 2.75) is 30.8 Å². The van der Waals surface area contributed by atoms with Crippen molar-refractivity contribution in [1.29, 1.82) is 0 Å². The van der Waals surface area contributed by atoms with Crippen LogP contribution >= 0.6 is 23.2 Å². The number of ether oxygens (including phenoxy) is 4. The highest BCUT2D eigenvalue weighted by Crippen LogP contribution is 2.38. The normalized spacial score (nSPS) is 11.7. The fourth-order valence-electron chi connectivity index (χ4n) is 4.53. The van der Waals surface area contributed by atoms with Gasteiger partial charge in [0.15, 0.2) is 11.5 Å². The van der Waals surface area contributed by atoms with Crippen molar-refractivity contribution >= 4 is 50.7 Å². The van der Waals surface area contributed by atoms with Gasteiger partial charge in [-0.2, -0.15) is 0 Å². The van der Waals surface area contributed by atoms with Gasteiger partial charge in [0.1, 0.15) is 24.1 Å². The minimum absolute atomic E-state index is 0.0347. The van der Waals surface area contributed by atoms with E-state index in [2.05, 4.69) is 5.32 Å². The van der Waals surface area contributed by atoms with E-state index in [0.29, 0.717) is 22.1 Å². The van der Waals surface area contributed by atoms with Gasteiger partial charge in [-0.3, -0.25) is 13.9 Å². The molecule has 1 atom stereocenters. The lowest BCUT2D eigenvalue weighted by molar-refractivity contribution is -0.140. The Kier molecular flexibility index (Phi) is 12.0. The Morgan fingerprint density at radius 2 is 1.52 bits per heavy atom. The highest BCUT2D eigenvalue weighted by atomic mass is 35.5. The van der Waals surface area contributed by atoms with Crippen molar-refractivity contribution < 1.29 is 37.0 Å². The zero-order chi connectivity index (χ0) is 32.6. The van der Waals surface area contributed by atoms with Crippen LogP contribution in [0.4, 0.5) is 5.69 Å². The van der Waals surface area contributed by atoms with Crippen molar-refractivity contribution in [2.75, 3.05) is 46.3 Å². The standard InChI is InChI=1S/C30H35Cl2N3O8S/c1-7-24(30(37)33-2)34(17-19-8-9-20(31)14-23(19)32)29(36)18-35(25-15-21(40-3)10-12-26(25)41-4)44(38,39)22-11-13-27(42-5)28(16-22)43-6/h8-16,24H,7,17-18H2,1-6H3,(H,33,37)/t24-/m0/s1. The van der Waals surface area contributed by atoms with Crippen LogP contribution in [0, 0.1) is 0 Å². The van der Waals surface area contributed by atoms with Gasteiger partial charge >= 0.3 is 0 Å². The van der Waals surface area contributed by atoms with Gasteiger partial charge in [0, 0.05) is 35.8 Å². The molecule has 3 rings (SSSR count). The predicted molar refractivity (Wildman–Crippen MR) is 169 cm³/mol. The maximum Gasteiger partial charge on any atom is 0.265 e. The number of carbonyl (C=O) groups excluding carboxylic acids is 2. The maximum absolute atomic E-state index is 14.4. The Labute approximate surface area is 267 Å². The quantitative estimate of drug-likeness (QED) is 0.261. The molecule has 44 heavy (non-hydrogen) atoms. The fraction of sp³-hybridized carbons (Fsp3) is 0.333. The number of rotatable bonds is 14. The SMILES string of the molecule is CC[C@@H](C(=O)NC)N(Cc1ccc(Cl)cc1Cl)C(=O)CN(c1cc(OC)ccc1OC)S(=O)(=O)c1ccc(OC)c(OC)c1. The highest BCUT2D eigenvalue weighted by molar-refractivity contribution is 7.92. The number of methoxy groups -OCH3 is 4. The lowest BCUT2D eigenvalue weighted by Gasteiger charge is -2.33. The monoisotopic (exact) mass is 667 g/mol. The summed E-state index contributed by atoms with van der Waals surface area (Å²) in [5.41, 5.74) is 0.549. The lowest BCUT2D eigenvalue weighted by Crippen LogP contribution is -2.51. The number of hydrogen-bond donors (Lipinski definition) is 1. The molecule has 0 spiro atoms. The van der Waals surface area contributed by atoms with Crippen LogP contribution in [0.5, 0.6) is 23.0 Å². The molecule has 0 aliphatic rings. The second kappa shape index (κ2) is 15.2. The smallest absolute Gasteiger partial charge is 0.265 e. The molecule has 0 aromatic heterocycles. The van der Waals surface area contributed by atoms with Gasteiger partial charge in [0.2, 0.25) is 11.8 Å². The van der Waals surface area contributed by atoms with Crippen LogP contribution in [0.1, 0.15) is 18.9 Å². The Morgan fingerprint density at radius 3 is 2.09 bits per heavy atom. The molecular formula is C30H35Cl2N3O8S. The molecule has 0 unspecified atom stereocenters. The van der Waals surface area contributed by atoms with Gasteiger partial charge in [0.25, 0.3) is 10.0 Å². The van der Waals surface area contributed by atoms with E-state index in [4.69, 9.17) is 42.1 Å². The second-order valence-electron chi connectivity index (χ2n) is 9.36. The van der Waals surface area contributed by atoms with Crippen LogP contribution in [-0.4, -0.2) is 73.2 Å². The minimum atomic E-state index is -4.47. The van der Waals surface area contributed by atoms with Gasteiger partial charge in [-0.15, -0.1) is 0 Å². The molecule has 238 valence electrons. The molecule has 14 heteroatoms. The summed E-state index contributed by atoms with van der Waals surface area (Å²) in [4.78, 5) is 28.3. The first-order valence-corrected chi connectivity index (χ1v) is 15.6. The van der Waals surface area contributed by atoms with Crippen LogP contribution in [-0.2, 0) is 26.2 Å². The molecule has 1 N–H and O–H groups in total. The number of carbonyl (C=O) groups is 2. The summed E-state index contributed by atoms with van der Waals surface area (Å²) in [5, 5.41) is 3.26. The first-order chi connectivity index (χ1) is 20.9. The molecule has 0 fully saturated rings. The van der Waals surface area contributed by atoms with E-state index in [9.17, 15) is 18.0 Å². The van der Waals surface area contributed by atoms with Gasteiger partial charge in [0.05, 0.1) is 39.0 Å². The molecule has 11 nitrogen and oxygen atoms in total. The van der Waals surface area contributed by atoms with Crippen LogP contribution in [0.2, 0.25) is 10.0 Å². The molecule has 2 amide bonds. The topological polar surface area (TPSA) is 124 Å². The number of hydrogen-bond acceptors (Lipinski definition) is 8. The maximum atomic E-state index is 14.4. The number of sulfonamides is 1. The third-order valence-corrected chi connectivity index (χ3v) is 9.21. The highest BCUT2D eigenvalue weighted by Gasteiger charge is 2.35. The van der Waals surface area contributed by atoms with E-state index in [1.165, 1.54) is 76.8 Å². The largest absolute Gasteiger partial charge is 0.497 e. The first-order valence-electron chi connectivity index (χ1n) is 13.4. The average Bonchev–Trinajstić information content (AvgIpc) is 3.03. The van der Waals surface area contributed by atoms with Gasteiger partial charge in [-0.25, -0.2) is 8.42 Å². The number of likely N-dealkylation sites (N-methyl/N-ethyl adjacent to an activating group) is 1. The average molecular weight is 669 g/mol. The number of nitrogens with zero attached hydrogens (tertiary/aromatic N) is 2. The van der Waals surface area contributed by atoms with Crippen molar-refractivity contribution in [1.82, 2.24) is 10.2 Å². The van der Waals surface area contributed by atoms with E-state index in [-0.39, 0.29) is 40.1 Å². The summed E-state index contributed by atoms with van der Waals surface area (Å²) in [6.07, 6.45) is 0.238. The molecule has 3 aromatic rings. The minimum Gasteiger partial charge on any atom is -0.497 e. The zero-order valence-corrected chi connectivity index (χ0v) is 27.5. The predicted octanol–water partition coefficient (Wildman–Crippen LogP) is 4.78. The molecule has 0 heterocycles. The molecule has 0 radical (unpaired) electrons. The summed E-state index contributed by atoms with van der Waals surface area (Å²) in [6, 6.07) is 12.5. The van der Waals surface area contributed by atoms with Gasteiger partial charge < -0.3 is 29.2 Å². The van der Waals surface area contributed by atoms with E-state index in [0.717, 1.165) is 4.31 Å². The number of benzene rings is 3. The van der Waals surface area contributed by atoms with E-state index in [1.807, 2.05) is 0 Å². The Bertz CT molecular complexity index is 1600. The van der Waals surface area contributed by atoms with Gasteiger partial charge in [-0.1, -0.05) is 36.2 Å². The number of anilines is 1. The number of halogens is 2. The second-order valence-corrected chi connectivity index (χ2v) is 12.1. The Hall–Kier alpha value is -3.87. The molecule has 0 aliphatic carbocycles. The fourth-order valence-corrected chi connectivity index (χ4v) is 6.43.